The van der Waals surface area contributed by atoms with Crippen LogP contribution < -0.4 is 5.73 Å². The van der Waals surface area contributed by atoms with Gasteiger partial charge in [0.1, 0.15) is 0 Å². The first-order valence-electron chi connectivity index (χ1n) is 7.81. The Morgan fingerprint density at radius 1 is 1.35 bits per heavy atom. The molecule has 0 spiro atoms. The fraction of sp³-hybridized carbons (Fsp3) is 0.471. The minimum Gasteiger partial charge on any atom is -0.342 e. The Hall–Kier alpha value is -0.810. The lowest BCUT2D eigenvalue weighted by molar-refractivity contribution is -0.129. The summed E-state index contributed by atoms with van der Waals surface area (Å²) in [6, 6.07) is 6.17. The minimum atomic E-state index is 0. The zero-order chi connectivity index (χ0) is 15.3. The van der Waals surface area contributed by atoms with Crippen LogP contribution in [-0.4, -0.2) is 29.9 Å². The molecule has 1 aromatic heterocycles. The number of likely N-dealkylation sites (tertiary alicyclic amines) is 1. The highest BCUT2D eigenvalue weighted by Gasteiger charge is 2.42. The quantitative estimate of drug-likeness (QED) is 0.875. The monoisotopic (exact) mass is 370 g/mol. The molecular formula is C17H20Cl2N2OS. The molecule has 1 aliphatic carbocycles. The summed E-state index contributed by atoms with van der Waals surface area (Å²) in [6.45, 7) is 1.73. The number of fused-ring (bicyclic) bond motifs is 2. The lowest BCUT2D eigenvalue weighted by Crippen LogP contribution is -2.34. The van der Waals surface area contributed by atoms with Crippen molar-refractivity contribution in [3.05, 3.63) is 34.2 Å². The van der Waals surface area contributed by atoms with Crippen LogP contribution in [-0.2, 0) is 11.2 Å². The molecule has 1 amide bonds. The molecule has 124 valence electrons. The standard InChI is InChI=1S/C17H19ClN2OS.ClH/c18-12-2-4-16-13(6-12)11(9-22-16)5-17(21)20-7-10-1-3-15(19)14(10)8-20;/h2,4,6,9-10,14-15H,1,3,5,7-8,19H2;1H. The average molecular weight is 371 g/mol. The van der Waals surface area contributed by atoms with Crippen LogP contribution in [0.4, 0.5) is 0 Å². The number of hydrogen-bond acceptors (Lipinski definition) is 3. The fourth-order valence-corrected chi connectivity index (χ4v) is 5.09. The molecule has 1 saturated carbocycles. The smallest absolute Gasteiger partial charge is 0.227 e. The van der Waals surface area contributed by atoms with Crippen LogP contribution in [0.3, 0.4) is 0 Å². The highest BCUT2D eigenvalue weighted by atomic mass is 35.5. The summed E-state index contributed by atoms with van der Waals surface area (Å²) < 4.78 is 1.19. The lowest BCUT2D eigenvalue weighted by atomic mass is 9.98. The van der Waals surface area contributed by atoms with Crippen molar-refractivity contribution in [2.24, 2.45) is 17.6 Å². The van der Waals surface area contributed by atoms with Gasteiger partial charge in [-0.15, -0.1) is 23.7 Å². The SMILES string of the molecule is Cl.NC1CCC2CN(C(=O)Cc3csc4ccc(Cl)cc34)CC12. The molecule has 2 N–H and O–H groups in total. The van der Waals surface area contributed by atoms with E-state index in [9.17, 15) is 4.79 Å². The van der Waals surface area contributed by atoms with E-state index in [2.05, 4.69) is 5.38 Å². The van der Waals surface area contributed by atoms with Crippen molar-refractivity contribution in [2.75, 3.05) is 13.1 Å². The molecule has 1 saturated heterocycles. The van der Waals surface area contributed by atoms with Crippen LogP contribution in [0, 0.1) is 11.8 Å². The number of halogens is 2. The van der Waals surface area contributed by atoms with Crippen molar-refractivity contribution in [1.29, 1.82) is 0 Å². The summed E-state index contributed by atoms with van der Waals surface area (Å²) in [7, 11) is 0. The zero-order valence-electron chi connectivity index (χ0n) is 12.7. The molecule has 2 aromatic rings. The number of nitrogens with two attached hydrogens (primary N) is 1. The van der Waals surface area contributed by atoms with Gasteiger partial charge in [-0.1, -0.05) is 11.6 Å². The molecule has 2 heterocycles. The Bertz CT molecular complexity index is 732. The lowest BCUT2D eigenvalue weighted by Gasteiger charge is -2.18. The van der Waals surface area contributed by atoms with Gasteiger partial charge >= 0.3 is 0 Å². The molecular weight excluding hydrogens is 351 g/mol. The van der Waals surface area contributed by atoms with Gasteiger partial charge in [-0.3, -0.25) is 4.79 Å². The Morgan fingerprint density at radius 3 is 2.96 bits per heavy atom. The number of carbonyl (C=O) groups excluding carboxylic acids is 1. The number of carbonyl (C=O) groups is 1. The molecule has 1 aliphatic heterocycles. The van der Waals surface area contributed by atoms with Crippen molar-refractivity contribution in [3.8, 4) is 0 Å². The van der Waals surface area contributed by atoms with Gasteiger partial charge in [-0.05, 0) is 59.2 Å². The number of rotatable bonds is 2. The third-order valence-electron chi connectivity index (χ3n) is 5.22. The van der Waals surface area contributed by atoms with Crippen LogP contribution >= 0.6 is 35.3 Å². The van der Waals surface area contributed by atoms with E-state index in [0.29, 0.717) is 18.3 Å². The largest absolute Gasteiger partial charge is 0.342 e. The molecule has 3 nitrogen and oxygen atoms in total. The molecule has 1 aromatic carbocycles. The van der Waals surface area contributed by atoms with Crippen LogP contribution in [0.1, 0.15) is 18.4 Å². The molecule has 2 aliphatic rings. The molecule has 23 heavy (non-hydrogen) atoms. The van der Waals surface area contributed by atoms with E-state index in [4.69, 9.17) is 17.3 Å². The van der Waals surface area contributed by atoms with Crippen molar-refractivity contribution in [3.63, 3.8) is 0 Å². The maximum Gasteiger partial charge on any atom is 0.227 e. The van der Waals surface area contributed by atoms with Gasteiger partial charge in [0, 0.05) is 28.9 Å². The molecule has 0 bridgehead atoms. The Balaban J connectivity index is 0.00000156. The van der Waals surface area contributed by atoms with E-state index < -0.39 is 0 Å². The summed E-state index contributed by atoms with van der Waals surface area (Å²) in [5.74, 6) is 1.35. The van der Waals surface area contributed by atoms with Gasteiger partial charge in [0.25, 0.3) is 0 Å². The normalized spacial score (nSPS) is 26.3. The average Bonchev–Trinajstić information content (AvgIpc) is 3.16. The third kappa shape index (κ3) is 3.10. The van der Waals surface area contributed by atoms with Gasteiger partial charge in [-0.25, -0.2) is 0 Å². The number of amides is 1. The number of thiophene rings is 1. The maximum absolute atomic E-state index is 12.6. The molecule has 3 atom stereocenters. The van der Waals surface area contributed by atoms with E-state index in [0.717, 1.165) is 35.5 Å². The predicted octanol–water partition coefficient (Wildman–Crippen LogP) is 3.71. The van der Waals surface area contributed by atoms with Gasteiger partial charge < -0.3 is 10.6 Å². The van der Waals surface area contributed by atoms with E-state index in [1.54, 1.807) is 11.3 Å². The second-order valence-electron chi connectivity index (χ2n) is 6.54. The van der Waals surface area contributed by atoms with E-state index in [1.807, 2.05) is 23.1 Å². The zero-order valence-corrected chi connectivity index (χ0v) is 15.1. The van der Waals surface area contributed by atoms with E-state index in [1.165, 1.54) is 11.1 Å². The van der Waals surface area contributed by atoms with Crippen LogP contribution in [0.5, 0.6) is 0 Å². The number of hydrogen-bond donors (Lipinski definition) is 1. The molecule has 6 heteroatoms. The first-order valence-corrected chi connectivity index (χ1v) is 9.06. The second-order valence-corrected chi connectivity index (χ2v) is 7.89. The van der Waals surface area contributed by atoms with Crippen molar-refractivity contribution in [1.82, 2.24) is 4.90 Å². The molecule has 4 rings (SSSR count). The fourth-order valence-electron chi connectivity index (χ4n) is 3.98. The third-order valence-corrected chi connectivity index (χ3v) is 6.47. The van der Waals surface area contributed by atoms with E-state index >= 15 is 0 Å². The summed E-state index contributed by atoms with van der Waals surface area (Å²) in [5, 5.41) is 3.92. The van der Waals surface area contributed by atoms with Gasteiger partial charge in [0.2, 0.25) is 5.91 Å². The van der Waals surface area contributed by atoms with Crippen molar-refractivity contribution in [2.45, 2.75) is 25.3 Å². The summed E-state index contributed by atoms with van der Waals surface area (Å²) in [4.78, 5) is 14.7. The van der Waals surface area contributed by atoms with Gasteiger partial charge in [-0.2, -0.15) is 0 Å². The summed E-state index contributed by atoms with van der Waals surface area (Å²) in [6.07, 6.45) is 2.76. The van der Waals surface area contributed by atoms with Gasteiger partial charge in [0.15, 0.2) is 0 Å². The Morgan fingerprint density at radius 2 is 2.17 bits per heavy atom. The second kappa shape index (κ2) is 6.60. The molecule has 3 unspecified atom stereocenters. The predicted molar refractivity (Wildman–Crippen MR) is 98.6 cm³/mol. The Kier molecular flexibility index (Phi) is 4.88. The van der Waals surface area contributed by atoms with E-state index in [-0.39, 0.29) is 24.4 Å². The van der Waals surface area contributed by atoms with Crippen LogP contribution in [0.25, 0.3) is 10.1 Å². The number of benzene rings is 1. The maximum atomic E-state index is 12.6. The molecule has 2 fully saturated rings. The van der Waals surface area contributed by atoms with Crippen molar-refractivity contribution >= 4 is 51.3 Å². The summed E-state index contributed by atoms with van der Waals surface area (Å²) >= 11 is 7.76. The first-order chi connectivity index (χ1) is 10.6. The molecule has 0 radical (unpaired) electrons. The minimum absolute atomic E-state index is 0. The first kappa shape index (κ1) is 17.0. The topological polar surface area (TPSA) is 46.3 Å². The van der Waals surface area contributed by atoms with Crippen LogP contribution in [0.2, 0.25) is 5.02 Å². The summed E-state index contributed by atoms with van der Waals surface area (Å²) in [5.41, 5.74) is 7.25. The van der Waals surface area contributed by atoms with Crippen molar-refractivity contribution < 1.29 is 4.79 Å². The Labute approximate surface area is 151 Å². The highest BCUT2D eigenvalue weighted by Crippen LogP contribution is 2.37. The van der Waals surface area contributed by atoms with Crippen LogP contribution in [0.15, 0.2) is 23.6 Å². The number of nitrogens with zero attached hydrogens (tertiary/aromatic N) is 1. The highest BCUT2D eigenvalue weighted by molar-refractivity contribution is 7.17. The van der Waals surface area contributed by atoms with Gasteiger partial charge in [0.05, 0.1) is 6.42 Å².